The molecule has 8 heteroatoms. The Bertz CT molecular complexity index is 716. The van der Waals surface area contributed by atoms with E-state index in [1.165, 1.54) is 51.4 Å². The van der Waals surface area contributed by atoms with Crippen molar-refractivity contribution in [3.8, 4) is 0 Å². The van der Waals surface area contributed by atoms with E-state index in [0.717, 1.165) is 74.7 Å². The zero-order valence-corrected chi connectivity index (χ0v) is 25.7. The zero-order chi connectivity index (χ0) is 24.8. The monoisotopic (exact) mass is 576 g/mol. The van der Waals surface area contributed by atoms with Crippen LogP contribution >= 0.6 is 23.4 Å². The van der Waals surface area contributed by atoms with Crippen LogP contribution in [0.25, 0.3) is 0 Å². The maximum Gasteiger partial charge on any atom is 0.239 e. The Hall–Kier alpha value is -0.310. The Morgan fingerprint density at radius 2 is 1.66 bits per heavy atom. The Morgan fingerprint density at radius 3 is 2.26 bits per heavy atom. The van der Waals surface area contributed by atoms with Gasteiger partial charge in [0.25, 0.3) is 0 Å². The highest BCUT2D eigenvalue weighted by Gasteiger charge is 2.34. The molecule has 3 aliphatic carbocycles. The molecule has 224 valence electrons. The third kappa shape index (κ3) is 9.66. The molecule has 1 amide bonds. The number of nitrogens with zero attached hydrogens (tertiary/aromatic N) is 1. The third-order valence-corrected chi connectivity index (χ3v) is 11.3. The lowest BCUT2D eigenvalue weighted by Crippen LogP contribution is -2.52. The summed E-state index contributed by atoms with van der Waals surface area (Å²) in [6.07, 6.45) is 21.5. The largest absolute Gasteiger partial charge is 0.412 e. The van der Waals surface area contributed by atoms with Crippen molar-refractivity contribution in [2.24, 2.45) is 29.6 Å². The molecule has 4 rings (SSSR count). The fourth-order valence-corrected chi connectivity index (χ4v) is 8.57. The zero-order valence-electron chi connectivity index (χ0n) is 24.2. The molecular formula is C30H57ClN2O4S. The van der Waals surface area contributed by atoms with Gasteiger partial charge in [-0.3, -0.25) is 4.79 Å². The quantitative estimate of drug-likeness (QED) is 0.329. The van der Waals surface area contributed by atoms with Crippen molar-refractivity contribution in [2.75, 3.05) is 25.9 Å². The van der Waals surface area contributed by atoms with Crippen LogP contribution in [-0.2, 0) is 4.79 Å². The molecule has 2 saturated carbocycles. The Labute approximate surface area is 241 Å². The molecule has 0 aromatic heterocycles. The summed E-state index contributed by atoms with van der Waals surface area (Å²) < 4.78 is 0. The fourth-order valence-electron chi connectivity index (χ4n) is 7.53. The average molecular weight is 577 g/mol. The van der Waals surface area contributed by atoms with Crippen molar-refractivity contribution in [3.05, 3.63) is 11.6 Å². The number of thioether (sulfide) groups is 1. The second-order valence-corrected chi connectivity index (χ2v) is 14.2. The summed E-state index contributed by atoms with van der Waals surface area (Å²) in [5.41, 5.74) is 1.61. The molecule has 6 atom stereocenters. The molecule has 7 N–H and O–H groups in total. The molecule has 0 radical (unpaired) electrons. The van der Waals surface area contributed by atoms with Crippen LogP contribution in [0.4, 0.5) is 0 Å². The maximum atomic E-state index is 13.5. The van der Waals surface area contributed by atoms with Crippen molar-refractivity contribution in [1.82, 2.24) is 10.2 Å². The van der Waals surface area contributed by atoms with Crippen LogP contribution in [0.1, 0.15) is 97.3 Å². The van der Waals surface area contributed by atoms with Crippen molar-refractivity contribution < 1.29 is 21.2 Å². The smallest absolute Gasteiger partial charge is 0.239 e. The Morgan fingerprint density at radius 1 is 1.00 bits per heavy atom. The van der Waals surface area contributed by atoms with E-state index >= 15 is 0 Å². The van der Waals surface area contributed by atoms with Crippen molar-refractivity contribution in [2.45, 2.75) is 114 Å². The summed E-state index contributed by atoms with van der Waals surface area (Å²) >= 11 is 8.38. The summed E-state index contributed by atoms with van der Waals surface area (Å²) in [4.78, 5) is 15.7. The number of piperidine rings is 1. The first kappa shape index (κ1) is 35.7. The molecule has 0 spiro atoms. The molecule has 6 nitrogen and oxygen atoms in total. The molecule has 5 unspecified atom stereocenters. The van der Waals surface area contributed by atoms with Crippen LogP contribution in [0.15, 0.2) is 11.6 Å². The van der Waals surface area contributed by atoms with Gasteiger partial charge in [-0.1, -0.05) is 51.2 Å². The predicted octanol–water partition coefficient (Wildman–Crippen LogP) is 4.81. The van der Waals surface area contributed by atoms with E-state index < -0.39 is 0 Å². The molecule has 1 heterocycles. The minimum absolute atomic E-state index is 0. The number of amides is 1. The lowest BCUT2D eigenvalue weighted by molar-refractivity contribution is -0.136. The molecule has 0 aromatic carbocycles. The highest BCUT2D eigenvalue weighted by molar-refractivity contribution is 7.99. The van der Waals surface area contributed by atoms with Crippen LogP contribution in [0, 0.1) is 29.6 Å². The summed E-state index contributed by atoms with van der Waals surface area (Å²) in [5.74, 6) is 3.95. The van der Waals surface area contributed by atoms with E-state index in [9.17, 15) is 4.79 Å². The van der Waals surface area contributed by atoms with Gasteiger partial charge in [-0.2, -0.15) is 11.8 Å². The van der Waals surface area contributed by atoms with Crippen LogP contribution in [0.2, 0.25) is 0 Å². The number of likely N-dealkylation sites (tertiary alicyclic amines) is 1. The minimum Gasteiger partial charge on any atom is -0.412 e. The summed E-state index contributed by atoms with van der Waals surface area (Å²) in [6, 6.07) is -0.0339. The van der Waals surface area contributed by atoms with Gasteiger partial charge in [-0.25, -0.2) is 0 Å². The highest BCUT2D eigenvalue weighted by atomic mass is 35.5. The number of hydrogen-bond acceptors (Lipinski definition) is 3. The van der Waals surface area contributed by atoms with Gasteiger partial charge in [0.15, 0.2) is 0 Å². The first-order chi connectivity index (χ1) is 16.9. The predicted molar refractivity (Wildman–Crippen MR) is 163 cm³/mol. The minimum atomic E-state index is -0.0339. The maximum absolute atomic E-state index is 13.5. The van der Waals surface area contributed by atoms with Crippen molar-refractivity contribution in [3.63, 3.8) is 0 Å². The first-order valence-electron chi connectivity index (χ1n) is 14.8. The number of nitrogens with one attached hydrogen (secondary N) is 1. The van der Waals surface area contributed by atoms with Crippen molar-refractivity contribution >= 4 is 29.3 Å². The molecule has 1 saturated heterocycles. The van der Waals surface area contributed by atoms with Gasteiger partial charge in [0, 0.05) is 23.7 Å². The van der Waals surface area contributed by atoms with E-state index in [2.05, 4.69) is 48.2 Å². The van der Waals surface area contributed by atoms with Crippen LogP contribution in [0.3, 0.4) is 0 Å². The van der Waals surface area contributed by atoms with E-state index in [-0.39, 0.29) is 22.5 Å². The Kier molecular flexibility index (Phi) is 16.4. The number of allylic oxidation sites excluding steroid dienone is 2. The third-order valence-electron chi connectivity index (χ3n) is 9.76. The number of hydrogen-bond donors (Lipinski definition) is 1. The second kappa shape index (κ2) is 17.5. The number of rotatable bonds is 8. The molecule has 1 aliphatic heterocycles. The molecule has 4 aliphatic rings. The lowest BCUT2D eigenvalue weighted by atomic mass is 9.70. The van der Waals surface area contributed by atoms with Gasteiger partial charge in [-0.05, 0) is 100 Å². The first-order valence-corrected chi connectivity index (χ1v) is 16.5. The van der Waals surface area contributed by atoms with E-state index in [0.29, 0.717) is 23.1 Å². The Balaban J connectivity index is 0.00000241. The topological polar surface area (TPSA) is 127 Å². The van der Waals surface area contributed by atoms with Gasteiger partial charge in [-0.15, -0.1) is 11.6 Å². The number of alkyl halides is 1. The number of carbonyl (C=O) groups is 1. The standard InChI is InChI=1S/C30H51ClN2OS.3H2O/c1-21(2)29(30(34)33-16-14-24(15-17-33)23-10-12-27(31)13-11-23)32-20-22-6-4-7-25(18-22)26-8-5-9-28(19-26)35-3;;;/h10,21-22,24-29,32H,4-9,11-20H2,1-3H3;3*1H2/t22?,25?,26?,27?,28?,29-;;;/m1.../s1. The fraction of sp³-hybridized carbons (Fsp3) is 0.900. The normalized spacial score (nSPS) is 31.3. The van der Waals surface area contributed by atoms with Gasteiger partial charge in [0.05, 0.1) is 6.04 Å². The average Bonchev–Trinajstić information content (AvgIpc) is 2.89. The molecule has 3 fully saturated rings. The molecule has 38 heavy (non-hydrogen) atoms. The highest BCUT2D eigenvalue weighted by Crippen LogP contribution is 2.42. The summed E-state index contributed by atoms with van der Waals surface area (Å²) in [5, 5.41) is 5.01. The van der Waals surface area contributed by atoms with Crippen LogP contribution in [0.5, 0.6) is 0 Å². The van der Waals surface area contributed by atoms with E-state index in [1.54, 1.807) is 5.57 Å². The molecule has 0 bridgehead atoms. The van der Waals surface area contributed by atoms with Gasteiger partial charge in [0.2, 0.25) is 5.91 Å². The van der Waals surface area contributed by atoms with E-state index in [1.807, 2.05) is 0 Å². The van der Waals surface area contributed by atoms with Gasteiger partial charge in [0.1, 0.15) is 0 Å². The molecule has 0 aromatic rings. The summed E-state index contributed by atoms with van der Waals surface area (Å²) in [7, 11) is 0. The number of halogens is 1. The summed E-state index contributed by atoms with van der Waals surface area (Å²) in [6.45, 7) is 7.28. The van der Waals surface area contributed by atoms with Crippen LogP contribution < -0.4 is 5.32 Å². The lowest BCUT2D eigenvalue weighted by Gasteiger charge is -2.40. The SMILES string of the molecule is CSC1CCCC(C2CCCC(CN[C@@H](C(=O)N3CCC(C4=CCC(Cl)CC4)CC3)C(C)C)C2)C1.O.O.O. The van der Waals surface area contributed by atoms with Gasteiger partial charge < -0.3 is 26.6 Å². The van der Waals surface area contributed by atoms with Crippen molar-refractivity contribution in [1.29, 1.82) is 0 Å². The van der Waals surface area contributed by atoms with Gasteiger partial charge >= 0.3 is 0 Å². The molecular weight excluding hydrogens is 520 g/mol. The van der Waals surface area contributed by atoms with E-state index in [4.69, 9.17) is 11.6 Å². The van der Waals surface area contributed by atoms with Crippen LogP contribution in [-0.4, -0.2) is 69.8 Å². The second-order valence-electron chi connectivity index (χ2n) is 12.5. The number of carbonyl (C=O) groups excluding carboxylic acids is 1.